The van der Waals surface area contributed by atoms with Gasteiger partial charge in [-0.1, -0.05) is 0 Å². The fraction of sp³-hybridized carbons (Fsp3) is 0.619. The number of nitrogens with one attached hydrogen (secondary N) is 2. The molecule has 0 radical (unpaired) electrons. The van der Waals surface area contributed by atoms with E-state index in [9.17, 15) is 9.59 Å². The second-order valence-electron chi connectivity index (χ2n) is 9.39. The number of aromatic nitrogens is 3. The first-order valence-electron chi connectivity index (χ1n) is 10.1. The van der Waals surface area contributed by atoms with Crippen molar-refractivity contribution in [2.45, 2.75) is 72.3 Å². The van der Waals surface area contributed by atoms with Crippen molar-refractivity contribution in [3.05, 3.63) is 17.7 Å². The number of aryl methyl sites for hydroxylation is 1. The summed E-state index contributed by atoms with van der Waals surface area (Å²) < 4.78 is 16.3. The van der Waals surface area contributed by atoms with Gasteiger partial charge in [-0.25, -0.2) is 9.59 Å². The van der Waals surface area contributed by atoms with Crippen molar-refractivity contribution >= 4 is 28.9 Å². The highest BCUT2D eigenvalue weighted by Crippen LogP contribution is 2.24. The van der Waals surface area contributed by atoms with Crippen LogP contribution in [-0.2, 0) is 27.9 Å². The van der Waals surface area contributed by atoms with E-state index in [0.29, 0.717) is 16.7 Å². The minimum Gasteiger partial charge on any atom is -0.444 e. The highest BCUT2D eigenvalue weighted by Gasteiger charge is 2.19. The summed E-state index contributed by atoms with van der Waals surface area (Å²) in [5, 5.41) is 14.1. The van der Waals surface area contributed by atoms with Crippen LogP contribution in [0.25, 0.3) is 11.0 Å². The number of carbonyl (C=O) groups excluding carboxylic acids is 2. The Morgan fingerprint density at radius 3 is 2.26 bits per heavy atom. The third kappa shape index (κ3) is 8.41. The Kier molecular flexibility index (Phi) is 7.48. The van der Waals surface area contributed by atoms with Gasteiger partial charge in [-0.2, -0.15) is 15.0 Å². The number of ether oxygens (including phenoxy) is 3. The van der Waals surface area contributed by atoms with Gasteiger partial charge in [0.15, 0.2) is 0 Å². The molecular formula is C21H33N5O5. The Morgan fingerprint density at radius 1 is 1.03 bits per heavy atom. The van der Waals surface area contributed by atoms with Gasteiger partial charge < -0.3 is 19.5 Å². The molecule has 1 heterocycles. The van der Waals surface area contributed by atoms with Gasteiger partial charge in [0.25, 0.3) is 0 Å². The van der Waals surface area contributed by atoms with Crippen LogP contribution >= 0.6 is 0 Å². The maximum Gasteiger partial charge on any atom is 0.412 e. The van der Waals surface area contributed by atoms with Crippen molar-refractivity contribution in [1.82, 2.24) is 20.3 Å². The fourth-order valence-electron chi connectivity index (χ4n) is 2.68. The molecule has 10 nitrogen and oxygen atoms in total. The number of benzene rings is 1. The topological polar surface area (TPSA) is 117 Å². The number of nitrogens with zero attached hydrogens (tertiary/aromatic N) is 3. The molecule has 1 atom stereocenters. The number of rotatable bonds is 6. The van der Waals surface area contributed by atoms with Crippen LogP contribution in [0.15, 0.2) is 12.1 Å². The molecule has 2 N–H and O–H groups in total. The average Bonchev–Trinajstić information content (AvgIpc) is 2.91. The highest BCUT2D eigenvalue weighted by molar-refractivity contribution is 5.96. The predicted octanol–water partition coefficient (Wildman–Crippen LogP) is 3.75. The fourth-order valence-corrected chi connectivity index (χ4v) is 2.68. The van der Waals surface area contributed by atoms with Crippen molar-refractivity contribution in [2.24, 2.45) is 7.05 Å². The summed E-state index contributed by atoms with van der Waals surface area (Å²) in [4.78, 5) is 25.5. The number of anilines is 1. The van der Waals surface area contributed by atoms with E-state index in [0.717, 1.165) is 5.56 Å². The Morgan fingerprint density at radius 2 is 1.65 bits per heavy atom. The van der Waals surface area contributed by atoms with E-state index < -0.39 is 23.4 Å². The predicted molar refractivity (Wildman–Crippen MR) is 117 cm³/mol. The van der Waals surface area contributed by atoms with E-state index in [1.54, 1.807) is 54.7 Å². The molecule has 2 rings (SSSR count). The molecular weight excluding hydrogens is 402 g/mol. The molecule has 0 unspecified atom stereocenters. The second kappa shape index (κ2) is 9.51. The molecule has 2 amide bonds. The minimum absolute atomic E-state index is 0.241. The van der Waals surface area contributed by atoms with Crippen LogP contribution in [0.2, 0.25) is 0 Å². The standard InChI is InChI=1S/C21H33N5O5/c1-13(22-18(27)30-20(2,3)4)11-29-12-14-9-15(23-19(28)31-21(5,6)7)17-16(10-14)24-26(8)25-17/h9-10,13H,11-12H2,1-8H3,(H,22,27)(H,23,28)/t13-/m1/s1. The summed E-state index contributed by atoms with van der Waals surface area (Å²) in [5.74, 6) is 0. The number of amides is 2. The lowest BCUT2D eigenvalue weighted by molar-refractivity contribution is 0.0442. The summed E-state index contributed by atoms with van der Waals surface area (Å²) in [7, 11) is 1.71. The van der Waals surface area contributed by atoms with Gasteiger partial charge in [0.1, 0.15) is 22.2 Å². The van der Waals surface area contributed by atoms with Gasteiger partial charge in [0, 0.05) is 7.05 Å². The summed E-state index contributed by atoms with van der Waals surface area (Å²) in [6.45, 7) is 13.2. The maximum absolute atomic E-state index is 12.2. The van der Waals surface area contributed by atoms with Crippen LogP contribution in [-0.4, -0.2) is 51.0 Å². The summed E-state index contributed by atoms with van der Waals surface area (Å²) in [6.07, 6.45) is -1.07. The first-order valence-corrected chi connectivity index (χ1v) is 10.1. The monoisotopic (exact) mass is 435 g/mol. The van der Waals surface area contributed by atoms with Crippen LogP contribution in [0.4, 0.5) is 15.3 Å². The van der Waals surface area contributed by atoms with E-state index in [-0.39, 0.29) is 19.3 Å². The SMILES string of the molecule is C[C@H](COCc1cc(NC(=O)OC(C)(C)C)c2nn(C)nc2c1)NC(=O)OC(C)(C)C. The third-order valence-corrected chi connectivity index (χ3v) is 3.68. The molecule has 1 aromatic heterocycles. The van der Waals surface area contributed by atoms with E-state index >= 15 is 0 Å². The normalized spacial score (nSPS) is 13.0. The zero-order chi connectivity index (χ0) is 23.4. The van der Waals surface area contributed by atoms with Gasteiger partial charge in [-0.3, -0.25) is 5.32 Å². The molecule has 2 aromatic rings. The van der Waals surface area contributed by atoms with Crippen molar-refractivity contribution in [1.29, 1.82) is 0 Å². The Hall–Kier alpha value is -2.88. The van der Waals surface area contributed by atoms with E-state index in [2.05, 4.69) is 20.8 Å². The maximum atomic E-state index is 12.2. The summed E-state index contributed by atoms with van der Waals surface area (Å²) >= 11 is 0. The number of carbonyl (C=O) groups is 2. The molecule has 172 valence electrons. The summed E-state index contributed by atoms with van der Waals surface area (Å²) in [6, 6.07) is 3.37. The number of fused-ring (bicyclic) bond motifs is 1. The van der Waals surface area contributed by atoms with Gasteiger partial charge in [0.2, 0.25) is 0 Å². The van der Waals surface area contributed by atoms with E-state index in [1.807, 2.05) is 13.0 Å². The van der Waals surface area contributed by atoms with Gasteiger partial charge >= 0.3 is 12.2 Å². The van der Waals surface area contributed by atoms with Crippen LogP contribution in [0.1, 0.15) is 54.0 Å². The largest absolute Gasteiger partial charge is 0.444 e. The molecule has 0 aliphatic heterocycles. The Balaban J connectivity index is 2.02. The first kappa shape index (κ1) is 24.4. The van der Waals surface area contributed by atoms with Crippen molar-refractivity contribution in [2.75, 3.05) is 11.9 Å². The lowest BCUT2D eigenvalue weighted by Gasteiger charge is -2.22. The van der Waals surface area contributed by atoms with Crippen LogP contribution in [0.3, 0.4) is 0 Å². The smallest absolute Gasteiger partial charge is 0.412 e. The molecule has 0 aliphatic carbocycles. The van der Waals surface area contributed by atoms with E-state index in [1.165, 1.54) is 4.80 Å². The molecule has 10 heteroatoms. The third-order valence-electron chi connectivity index (χ3n) is 3.68. The first-order chi connectivity index (χ1) is 14.2. The second-order valence-corrected chi connectivity index (χ2v) is 9.39. The Labute approximate surface area is 182 Å². The molecule has 31 heavy (non-hydrogen) atoms. The molecule has 0 saturated carbocycles. The average molecular weight is 436 g/mol. The quantitative estimate of drug-likeness (QED) is 0.710. The Bertz CT molecular complexity index is 927. The molecule has 0 bridgehead atoms. The number of hydrogen-bond acceptors (Lipinski definition) is 7. The molecule has 0 spiro atoms. The zero-order valence-electron chi connectivity index (χ0n) is 19.5. The van der Waals surface area contributed by atoms with Gasteiger partial charge in [-0.15, -0.1) is 0 Å². The summed E-state index contributed by atoms with van der Waals surface area (Å²) in [5.41, 5.74) is 1.27. The van der Waals surface area contributed by atoms with Crippen LogP contribution in [0, 0.1) is 0 Å². The lowest BCUT2D eigenvalue weighted by atomic mass is 10.1. The van der Waals surface area contributed by atoms with Crippen LogP contribution < -0.4 is 10.6 Å². The van der Waals surface area contributed by atoms with Gasteiger partial charge in [0.05, 0.1) is 24.9 Å². The van der Waals surface area contributed by atoms with E-state index in [4.69, 9.17) is 14.2 Å². The number of alkyl carbamates (subject to hydrolysis) is 1. The molecule has 0 saturated heterocycles. The minimum atomic E-state index is -0.621. The number of hydrogen-bond donors (Lipinski definition) is 2. The lowest BCUT2D eigenvalue weighted by Crippen LogP contribution is -2.39. The van der Waals surface area contributed by atoms with Crippen molar-refractivity contribution in [3.8, 4) is 0 Å². The van der Waals surface area contributed by atoms with Crippen LogP contribution in [0.5, 0.6) is 0 Å². The van der Waals surface area contributed by atoms with Gasteiger partial charge in [-0.05, 0) is 66.2 Å². The van der Waals surface area contributed by atoms with Crippen molar-refractivity contribution in [3.63, 3.8) is 0 Å². The van der Waals surface area contributed by atoms with Crippen molar-refractivity contribution < 1.29 is 23.8 Å². The highest BCUT2D eigenvalue weighted by atomic mass is 16.6. The molecule has 1 aromatic carbocycles. The zero-order valence-corrected chi connectivity index (χ0v) is 19.5. The molecule has 0 aliphatic rings. The molecule has 0 fully saturated rings.